The van der Waals surface area contributed by atoms with E-state index in [2.05, 4.69) is 38.7 Å². The van der Waals surface area contributed by atoms with Gasteiger partial charge in [-0.1, -0.05) is 13.8 Å². The average molecular weight is 344 g/mol. The zero-order chi connectivity index (χ0) is 17.4. The van der Waals surface area contributed by atoms with E-state index in [0.29, 0.717) is 12.5 Å². The van der Waals surface area contributed by atoms with E-state index in [1.807, 2.05) is 11.4 Å². The second-order valence-electron chi connectivity index (χ2n) is 6.26. The molecule has 0 saturated heterocycles. The molecule has 6 heteroatoms. The van der Waals surface area contributed by atoms with Gasteiger partial charge in [0.25, 0.3) is 0 Å². The van der Waals surface area contributed by atoms with Crippen molar-refractivity contribution in [2.75, 3.05) is 0 Å². The van der Waals surface area contributed by atoms with Crippen LogP contribution in [0.25, 0.3) is 16.2 Å². The Labute approximate surface area is 146 Å². The number of thiazole rings is 1. The minimum Gasteiger partial charge on any atom is -0.325 e. The number of nitrogens with zero attached hydrogens (tertiary/aromatic N) is 4. The van der Waals surface area contributed by atoms with E-state index >= 15 is 0 Å². The third kappa shape index (κ3) is 2.74. The topological polar surface area (TPSA) is 69.1 Å². The van der Waals surface area contributed by atoms with Crippen LogP contribution in [0.4, 0.5) is 0 Å². The molecule has 0 fully saturated rings. The lowest BCUT2D eigenvalue weighted by Crippen LogP contribution is -2.05. The van der Waals surface area contributed by atoms with Crippen LogP contribution in [-0.2, 0) is 6.54 Å². The van der Waals surface area contributed by atoms with Gasteiger partial charge in [0.15, 0.2) is 5.65 Å². The van der Waals surface area contributed by atoms with Gasteiger partial charge in [-0.15, -0.1) is 11.3 Å². The first-order chi connectivity index (χ1) is 11.5. The molecular weight excluding hydrogens is 318 g/mol. The summed E-state index contributed by atoms with van der Waals surface area (Å²) in [5.41, 5.74) is 12.1. The molecule has 0 unspecified atom stereocenters. The zero-order valence-corrected chi connectivity index (χ0v) is 15.9. The summed E-state index contributed by atoms with van der Waals surface area (Å²) in [7, 11) is 0. The highest BCUT2D eigenvalue weighted by atomic mass is 32.1. The number of hydrogen-bond donors (Lipinski definition) is 1. The van der Waals surface area contributed by atoms with Crippen LogP contribution < -0.4 is 5.73 Å². The molecule has 0 spiro atoms. The van der Waals surface area contributed by atoms with Crippen molar-refractivity contribution < 1.29 is 0 Å². The van der Waals surface area contributed by atoms with Crippen LogP contribution in [0.5, 0.6) is 0 Å². The predicted octanol–water partition coefficient (Wildman–Crippen LogP) is 4.14. The van der Waals surface area contributed by atoms with Gasteiger partial charge in [-0.2, -0.15) is 5.10 Å². The van der Waals surface area contributed by atoms with Gasteiger partial charge >= 0.3 is 0 Å². The highest BCUT2D eigenvalue weighted by Gasteiger charge is 2.22. The molecule has 128 valence electrons. The molecule has 0 aromatic carbocycles. The van der Waals surface area contributed by atoms with E-state index in [1.54, 1.807) is 11.3 Å². The first-order valence-corrected chi connectivity index (χ1v) is 9.35. The van der Waals surface area contributed by atoms with E-state index in [1.165, 1.54) is 5.56 Å². The van der Waals surface area contributed by atoms with E-state index < -0.39 is 0 Å². The smallest absolute Gasteiger partial charge is 0.158 e. The predicted molar refractivity (Wildman–Crippen MR) is 99.5 cm³/mol. The molecule has 0 radical (unpaired) electrons. The van der Waals surface area contributed by atoms with E-state index in [0.717, 1.165) is 51.1 Å². The summed E-state index contributed by atoms with van der Waals surface area (Å²) in [5, 5.41) is 5.71. The number of fused-ring (bicyclic) bond motifs is 1. The minimum atomic E-state index is 0.465. The molecule has 3 heterocycles. The Morgan fingerprint density at radius 2 is 1.83 bits per heavy atom. The average Bonchev–Trinajstić information content (AvgIpc) is 3.07. The Bertz CT molecular complexity index is 873. The molecule has 3 rings (SSSR count). The van der Waals surface area contributed by atoms with Crippen molar-refractivity contribution in [2.24, 2.45) is 5.73 Å². The van der Waals surface area contributed by atoms with E-state index in [4.69, 9.17) is 15.8 Å². The van der Waals surface area contributed by atoms with Crippen LogP contribution in [0.1, 0.15) is 60.3 Å². The maximum Gasteiger partial charge on any atom is 0.158 e. The van der Waals surface area contributed by atoms with E-state index in [-0.39, 0.29) is 0 Å². The molecule has 3 aromatic rings. The largest absolute Gasteiger partial charge is 0.325 e. The molecule has 0 saturated carbocycles. The third-order valence-corrected chi connectivity index (χ3v) is 5.75. The summed E-state index contributed by atoms with van der Waals surface area (Å²) in [4.78, 5) is 10.6. The number of nitrogens with two attached hydrogens (primary N) is 1. The molecular formula is C18H25N5S. The van der Waals surface area contributed by atoms with Gasteiger partial charge in [0.2, 0.25) is 0 Å². The van der Waals surface area contributed by atoms with Crippen LogP contribution >= 0.6 is 11.3 Å². The maximum atomic E-state index is 5.77. The van der Waals surface area contributed by atoms with Crippen LogP contribution in [0.2, 0.25) is 0 Å². The molecule has 5 nitrogen and oxygen atoms in total. The van der Waals surface area contributed by atoms with Gasteiger partial charge in [-0.25, -0.2) is 14.5 Å². The fourth-order valence-corrected chi connectivity index (χ4v) is 4.35. The Morgan fingerprint density at radius 3 is 2.42 bits per heavy atom. The number of aryl methyl sites for hydroxylation is 3. The monoisotopic (exact) mass is 343 g/mol. The summed E-state index contributed by atoms with van der Waals surface area (Å²) < 4.78 is 2.01. The minimum absolute atomic E-state index is 0.465. The molecule has 0 aliphatic carbocycles. The number of hydrogen-bond acceptors (Lipinski definition) is 5. The number of imidazole rings is 1. The van der Waals surface area contributed by atoms with Crippen LogP contribution in [0.15, 0.2) is 6.07 Å². The highest BCUT2D eigenvalue weighted by Crippen LogP contribution is 2.35. The lowest BCUT2D eigenvalue weighted by molar-refractivity contribution is 0.638. The summed E-state index contributed by atoms with van der Waals surface area (Å²) in [6.45, 7) is 11.1. The van der Waals surface area contributed by atoms with Crippen molar-refractivity contribution in [3.8, 4) is 10.6 Å². The first-order valence-electron chi connectivity index (χ1n) is 8.53. The van der Waals surface area contributed by atoms with Gasteiger partial charge in [-0.3, -0.25) is 0 Å². The lowest BCUT2D eigenvalue weighted by atomic mass is 9.95. The van der Waals surface area contributed by atoms with Gasteiger partial charge in [0, 0.05) is 12.1 Å². The summed E-state index contributed by atoms with van der Waals surface area (Å²) in [6.07, 6.45) is 2.21. The zero-order valence-electron chi connectivity index (χ0n) is 15.1. The number of rotatable bonds is 5. The molecule has 0 aliphatic rings. The van der Waals surface area contributed by atoms with Crippen molar-refractivity contribution in [3.05, 3.63) is 33.7 Å². The molecule has 0 amide bonds. The summed E-state index contributed by atoms with van der Waals surface area (Å²) >= 11 is 1.64. The standard InChI is InChI=1S/C18H25N5S/c1-6-13(7-2)14-8-10(3)22-23-16(11(4)21-18(14)23)17-12(5)20-15(9-19)24-17/h8,13H,6-7,9,19H2,1-5H3. The van der Waals surface area contributed by atoms with Crippen molar-refractivity contribution in [1.29, 1.82) is 0 Å². The third-order valence-electron chi connectivity index (χ3n) is 4.57. The Balaban J connectivity index is 2.30. The maximum absolute atomic E-state index is 5.77. The quantitative estimate of drug-likeness (QED) is 0.756. The second-order valence-corrected chi connectivity index (χ2v) is 7.35. The summed E-state index contributed by atoms with van der Waals surface area (Å²) in [6, 6.07) is 2.19. The molecule has 0 aliphatic heterocycles. The Morgan fingerprint density at radius 1 is 1.12 bits per heavy atom. The second kappa shape index (κ2) is 6.61. The SMILES string of the molecule is CCC(CC)c1cc(C)nn2c(-c3sc(CN)nc3C)c(C)nc12. The van der Waals surface area contributed by atoms with Crippen LogP contribution in [0.3, 0.4) is 0 Å². The lowest BCUT2D eigenvalue weighted by Gasteiger charge is -2.14. The van der Waals surface area contributed by atoms with Crippen molar-refractivity contribution in [1.82, 2.24) is 19.6 Å². The molecule has 3 aromatic heterocycles. The number of aromatic nitrogens is 4. The van der Waals surface area contributed by atoms with Gasteiger partial charge in [0.1, 0.15) is 10.7 Å². The fraction of sp³-hybridized carbons (Fsp3) is 0.500. The molecule has 0 atom stereocenters. The van der Waals surface area contributed by atoms with Gasteiger partial charge < -0.3 is 5.73 Å². The Hall–Kier alpha value is -1.79. The first kappa shape index (κ1) is 17.0. The fourth-order valence-electron chi connectivity index (χ4n) is 3.33. The van der Waals surface area contributed by atoms with Gasteiger partial charge in [0.05, 0.1) is 22.0 Å². The molecule has 0 bridgehead atoms. The van der Waals surface area contributed by atoms with Crippen LogP contribution in [0, 0.1) is 20.8 Å². The molecule has 24 heavy (non-hydrogen) atoms. The van der Waals surface area contributed by atoms with Crippen molar-refractivity contribution in [3.63, 3.8) is 0 Å². The summed E-state index contributed by atoms with van der Waals surface area (Å²) in [5.74, 6) is 0.506. The van der Waals surface area contributed by atoms with Crippen LogP contribution in [-0.4, -0.2) is 19.6 Å². The van der Waals surface area contributed by atoms with Crippen molar-refractivity contribution >= 4 is 17.0 Å². The highest BCUT2D eigenvalue weighted by molar-refractivity contribution is 7.15. The normalized spacial score (nSPS) is 11.8. The van der Waals surface area contributed by atoms with E-state index in [9.17, 15) is 0 Å². The Kier molecular flexibility index (Phi) is 4.69. The van der Waals surface area contributed by atoms with Crippen molar-refractivity contribution in [2.45, 2.75) is 59.9 Å². The van der Waals surface area contributed by atoms with Gasteiger partial charge in [-0.05, 0) is 45.6 Å². The molecule has 2 N–H and O–H groups in total.